The highest BCUT2D eigenvalue weighted by Crippen LogP contribution is 2.13. The SMILES string of the molecule is CCCCCCCCCCC(=O)N1CCOC1C=O. The number of unbranched alkanes of at least 4 members (excludes halogenated alkanes) is 7. The minimum absolute atomic E-state index is 0.0561. The van der Waals surface area contributed by atoms with Crippen LogP contribution in [0.3, 0.4) is 0 Å². The molecule has 1 fully saturated rings. The molecule has 1 rings (SSSR count). The lowest BCUT2D eigenvalue weighted by molar-refractivity contribution is -0.140. The molecule has 19 heavy (non-hydrogen) atoms. The Morgan fingerprint density at radius 3 is 2.42 bits per heavy atom. The molecule has 0 N–H and O–H groups in total. The van der Waals surface area contributed by atoms with Gasteiger partial charge in [-0.1, -0.05) is 51.9 Å². The van der Waals surface area contributed by atoms with E-state index >= 15 is 0 Å². The largest absolute Gasteiger partial charge is 0.349 e. The molecule has 0 bridgehead atoms. The monoisotopic (exact) mass is 269 g/mol. The highest BCUT2D eigenvalue weighted by Gasteiger charge is 2.28. The second kappa shape index (κ2) is 9.96. The molecule has 0 radical (unpaired) electrons. The zero-order valence-corrected chi connectivity index (χ0v) is 12.1. The first kappa shape index (κ1) is 16.2. The zero-order valence-electron chi connectivity index (χ0n) is 12.1. The van der Waals surface area contributed by atoms with Gasteiger partial charge in [0.25, 0.3) is 0 Å². The van der Waals surface area contributed by atoms with Crippen LogP contribution in [0.2, 0.25) is 0 Å². The molecule has 0 aromatic carbocycles. The summed E-state index contributed by atoms with van der Waals surface area (Å²) in [6.07, 6.45) is 10.4. The smallest absolute Gasteiger partial charge is 0.225 e. The third-order valence-corrected chi connectivity index (χ3v) is 3.61. The van der Waals surface area contributed by atoms with E-state index in [1.54, 1.807) is 4.90 Å². The van der Waals surface area contributed by atoms with Gasteiger partial charge in [0.15, 0.2) is 12.5 Å². The van der Waals surface area contributed by atoms with Gasteiger partial charge >= 0.3 is 0 Å². The van der Waals surface area contributed by atoms with Crippen molar-refractivity contribution in [2.75, 3.05) is 13.2 Å². The number of nitrogens with zero attached hydrogens (tertiary/aromatic N) is 1. The van der Waals surface area contributed by atoms with Gasteiger partial charge in [-0.25, -0.2) is 0 Å². The minimum atomic E-state index is -0.637. The van der Waals surface area contributed by atoms with E-state index < -0.39 is 6.23 Å². The van der Waals surface area contributed by atoms with E-state index in [0.29, 0.717) is 25.9 Å². The standard InChI is InChI=1S/C15H27NO3/c1-2-3-4-5-6-7-8-9-10-14(18)16-11-12-19-15(16)13-17/h13,15H,2-12H2,1H3. The van der Waals surface area contributed by atoms with Crippen molar-refractivity contribution in [1.82, 2.24) is 4.90 Å². The zero-order chi connectivity index (χ0) is 13.9. The first-order valence-corrected chi connectivity index (χ1v) is 7.66. The molecule has 1 saturated heterocycles. The van der Waals surface area contributed by atoms with Gasteiger partial charge in [-0.2, -0.15) is 0 Å². The second-order valence-electron chi connectivity index (χ2n) is 5.21. The summed E-state index contributed by atoms with van der Waals surface area (Å²) in [7, 11) is 0. The Bertz CT molecular complexity index is 268. The van der Waals surface area contributed by atoms with Gasteiger partial charge in [-0.05, 0) is 6.42 Å². The number of aldehydes is 1. The average Bonchev–Trinajstić information content (AvgIpc) is 2.90. The Balaban J connectivity index is 2.00. The molecule has 1 atom stereocenters. The summed E-state index contributed by atoms with van der Waals surface area (Å²) in [6.45, 7) is 3.26. The Morgan fingerprint density at radius 1 is 1.16 bits per heavy atom. The fraction of sp³-hybridized carbons (Fsp3) is 0.867. The number of hydrogen-bond acceptors (Lipinski definition) is 3. The number of rotatable bonds is 10. The van der Waals surface area contributed by atoms with E-state index in [2.05, 4.69) is 6.92 Å². The van der Waals surface area contributed by atoms with Gasteiger partial charge in [0.05, 0.1) is 6.61 Å². The molecule has 110 valence electrons. The van der Waals surface area contributed by atoms with Crippen LogP contribution in [-0.4, -0.2) is 36.5 Å². The van der Waals surface area contributed by atoms with Crippen molar-refractivity contribution in [3.8, 4) is 0 Å². The van der Waals surface area contributed by atoms with Crippen molar-refractivity contribution < 1.29 is 14.3 Å². The van der Waals surface area contributed by atoms with Crippen LogP contribution in [0.1, 0.15) is 64.7 Å². The van der Waals surface area contributed by atoms with Crippen molar-refractivity contribution in [3.63, 3.8) is 0 Å². The molecule has 1 aliphatic heterocycles. The first-order valence-electron chi connectivity index (χ1n) is 7.66. The Kier molecular flexibility index (Phi) is 8.47. The van der Waals surface area contributed by atoms with Crippen LogP contribution in [0.4, 0.5) is 0 Å². The van der Waals surface area contributed by atoms with Crippen LogP contribution in [-0.2, 0) is 14.3 Å². The highest BCUT2D eigenvalue weighted by atomic mass is 16.5. The predicted octanol–water partition coefficient (Wildman–Crippen LogP) is 2.90. The maximum Gasteiger partial charge on any atom is 0.225 e. The van der Waals surface area contributed by atoms with Crippen LogP contribution < -0.4 is 0 Å². The third-order valence-electron chi connectivity index (χ3n) is 3.61. The molecular formula is C15H27NO3. The van der Waals surface area contributed by atoms with Crippen LogP contribution in [0, 0.1) is 0 Å². The third kappa shape index (κ3) is 6.19. The molecule has 1 aliphatic rings. The summed E-state index contributed by atoms with van der Waals surface area (Å²) in [5, 5.41) is 0. The Morgan fingerprint density at radius 2 is 1.79 bits per heavy atom. The highest BCUT2D eigenvalue weighted by molar-refractivity contribution is 5.79. The molecule has 0 spiro atoms. The van der Waals surface area contributed by atoms with Gasteiger partial charge in [-0.3, -0.25) is 9.59 Å². The topological polar surface area (TPSA) is 46.6 Å². The van der Waals surface area contributed by atoms with Crippen molar-refractivity contribution in [3.05, 3.63) is 0 Å². The minimum Gasteiger partial charge on any atom is -0.349 e. The molecular weight excluding hydrogens is 242 g/mol. The molecule has 0 aromatic rings. The van der Waals surface area contributed by atoms with Crippen LogP contribution in [0.15, 0.2) is 0 Å². The summed E-state index contributed by atoms with van der Waals surface area (Å²) in [4.78, 5) is 24.1. The van der Waals surface area contributed by atoms with E-state index in [0.717, 1.165) is 12.8 Å². The molecule has 0 saturated carbocycles. The Labute approximate surface area is 116 Å². The summed E-state index contributed by atoms with van der Waals surface area (Å²) >= 11 is 0. The van der Waals surface area contributed by atoms with Gasteiger partial charge in [0, 0.05) is 13.0 Å². The van der Waals surface area contributed by atoms with E-state index in [1.807, 2.05) is 0 Å². The molecule has 0 aliphatic carbocycles. The Hall–Kier alpha value is -0.900. The van der Waals surface area contributed by atoms with Gasteiger partial charge in [0.2, 0.25) is 5.91 Å². The van der Waals surface area contributed by atoms with E-state index in [4.69, 9.17) is 4.74 Å². The maximum absolute atomic E-state index is 11.9. The summed E-state index contributed by atoms with van der Waals surface area (Å²) in [5.74, 6) is 0.0561. The lowest BCUT2D eigenvalue weighted by atomic mass is 10.1. The van der Waals surface area contributed by atoms with Crippen LogP contribution >= 0.6 is 0 Å². The average molecular weight is 269 g/mol. The van der Waals surface area contributed by atoms with Crippen molar-refractivity contribution in [2.24, 2.45) is 0 Å². The van der Waals surface area contributed by atoms with Crippen molar-refractivity contribution >= 4 is 12.2 Å². The van der Waals surface area contributed by atoms with Crippen molar-refractivity contribution in [2.45, 2.75) is 70.9 Å². The number of carbonyl (C=O) groups excluding carboxylic acids is 2. The summed E-state index contributed by atoms with van der Waals surface area (Å²) < 4.78 is 5.16. The van der Waals surface area contributed by atoms with Crippen LogP contribution in [0.25, 0.3) is 0 Å². The lowest BCUT2D eigenvalue weighted by Crippen LogP contribution is -2.36. The molecule has 1 amide bonds. The van der Waals surface area contributed by atoms with E-state index in [9.17, 15) is 9.59 Å². The number of hydrogen-bond donors (Lipinski definition) is 0. The van der Waals surface area contributed by atoms with E-state index in [-0.39, 0.29) is 5.91 Å². The van der Waals surface area contributed by atoms with Crippen molar-refractivity contribution in [1.29, 1.82) is 0 Å². The molecule has 4 heteroatoms. The van der Waals surface area contributed by atoms with Gasteiger partial charge in [0.1, 0.15) is 0 Å². The van der Waals surface area contributed by atoms with Crippen LogP contribution in [0.5, 0.6) is 0 Å². The fourth-order valence-electron chi connectivity index (χ4n) is 2.42. The first-order chi connectivity index (χ1) is 9.29. The fourth-order valence-corrected chi connectivity index (χ4v) is 2.42. The maximum atomic E-state index is 11.9. The predicted molar refractivity (Wildman–Crippen MR) is 74.7 cm³/mol. The number of carbonyl (C=O) groups is 2. The summed E-state index contributed by atoms with van der Waals surface area (Å²) in [5.41, 5.74) is 0. The van der Waals surface area contributed by atoms with E-state index in [1.165, 1.54) is 38.5 Å². The van der Waals surface area contributed by atoms with Gasteiger partial charge < -0.3 is 9.64 Å². The normalized spacial score (nSPS) is 18.8. The van der Waals surface area contributed by atoms with Gasteiger partial charge in [-0.15, -0.1) is 0 Å². The second-order valence-corrected chi connectivity index (χ2v) is 5.21. The number of amides is 1. The molecule has 0 aromatic heterocycles. The summed E-state index contributed by atoms with van der Waals surface area (Å²) in [6, 6.07) is 0. The number of ether oxygens (including phenoxy) is 1. The molecule has 1 heterocycles. The quantitative estimate of drug-likeness (QED) is 0.452. The molecule has 1 unspecified atom stereocenters. The lowest BCUT2D eigenvalue weighted by Gasteiger charge is -2.18. The molecule has 4 nitrogen and oxygen atoms in total.